The first-order chi connectivity index (χ1) is 9.01. The molecule has 0 amide bonds. The average Bonchev–Trinajstić information content (AvgIpc) is 2.40. The summed E-state index contributed by atoms with van der Waals surface area (Å²) in [7, 11) is -3.86. The molecule has 0 aliphatic carbocycles. The number of rotatable bonds is 4. The van der Waals surface area contributed by atoms with Gasteiger partial charge in [0.2, 0.25) is 0 Å². The summed E-state index contributed by atoms with van der Waals surface area (Å²) in [6, 6.07) is 12.0. The highest BCUT2D eigenvalue weighted by Gasteiger charge is 2.16. The van der Waals surface area contributed by atoms with Crippen LogP contribution in [0.3, 0.4) is 0 Å². The fourth-order valence-electron chi connectivity index (χ4n) is 1.38. The molecule has 2 aromatic rings. The molecule has 2 aromatic carbocycles. The van der Waals surface area contributed by atoms with Gasteiger partial charge in [0, 0.05) is 10.0 Å². The molecule has 0 unspecified atom stereocenters. The van der Waals surface area contributed by atoms with Gasteiger partial charge < -0.3 is 4.18 Å². The predicted octanol–water partition coefficient (Wildman–Crippen LogP) is 3.03. The minimum absolute atomic E-state index is 0.0650. The third-order valence-electron chi connectivity index (χ3n) is 2.32. The Morgan fingerprint density at radius 2 is 1.53 bits per heavy atom. The third-order valence-corrected chi connectivity index (χ3v) is 4.11. The van der Waals surface area contributed by atoms with Gasteiger partial charge in [-0.3, -0.25) is 4.79 Å². The molecule has 0 fully saturated rings. The maximum atomic E-state index is 12.0. The summed E-state index contributed by atoms with van der Waals surface area (Å²) in [5.74, 6) is 0.161. The van der Waals surface area contributed by atoms with Gasteiger partial charge >= 0.3 is 10.1 Å². The van der Waals surface area contributed by atoms with E-state index in [9.17, 15) is 13.2 Å². The van der Waals surface area contributed by atoms with E-state index in [0.717, 1.165) is 4.47 Å². The zero-order chi connectivity index (χ0) is 13.9. The molecule has 0 saturated carbocycles. The van der Waals surface area contributed by atoms with Crippen molar-refractivity contribution in [2.24, 2.45) is 0 Å². The van der Waals surface area contributed by atoms with Gasteiger partial charge in [-0.25, -0.2) is 0 Å². The van der Waals surface area contributed by atoms with Gasteiger partial charge in [0.25, 0.3) is 0 Å². The van der Waals surface area contributed by atoms with Crippen molar-refractivity contribution in [2.75, 3.05) is 0 Å². The Labute approximate surface area is 119 Å². The zero-order valence-corrected chi connectivity index (χ0v) is 12.0. The number of carbonyl (C=O) groups is 1. The second kappa shape index (κ2) is 5.54. The number of carbonyl (C=O) groups excluding carboxylic acids is 1. The van der Waals surface area contributed by atoms with Crippen LogP contribution < -0.4 is 4.18 Å². The van der Waals surface area contributed by atoms with Gasteiger partial charge in [0.1, 0.15) is 16.9 Å². The van der Waals surface area contributed by atoms with Crippen LogP contribution >= 0.6 is 15.9 Å². The van der Waals surface area contributed by atoms with E-state index in [0.29, 0.717) is 11.8 Å². The lowest BCUT2D eigenvalue weighted by atomic mass is 10.2. The molecule has 0 saturated heterocycles. The van der Waals surface area contributed by atoms with Crippen LogP contribution in [0.5, 0.6) is 5.75 Å². The Balaban J connectivity index is 2.25. The van der Waals surface area contributed by atoms with Crippen molar-refractivity contribution >= 4 is 32.3 Å². The zero-order valence-electron chi connectivity index (χ0n) is 9.62. The lowest BCUT2D eigenvalue weighted by molar-refractivity contribution is 0.112. The first-order valence-electron chi connectivity index (χ1n) is 5.26. The summed E-state index contributed by atoms with van der Waals surface area (Å²) in [6.45, 7) is 0. The summed E-state index contributed by atoms with van der Waals surface area (Å²) in [5.41, 5.74) is 0.452. The topological polar surface area (TPSA) is 60.4 Å². The van der Waals surface area contributed by atoms with Crippen LogP contribution in [0.2, 0.25) is 0 Å². The van der Waals surface area contributed by atoms with Crippen LogP contribution in [0.15, 0.2) is 57.9 Å². The highest BCUT2D eigenvalue weighted by Crippen LogP contribution is 2.20. The van der Waals surface area contributed by atoms with Gasteiger partial charge in [0.05, 0.1) is 0 Å². The van der Waals surface area contributed by atoms with E-state index >= 15 is 0 Å². The Morgan fingerprint density at radius 3 is 2.05 bits per heavy atom. The molecular weight excluding hydrogens is 332 g/mol. The quantitative estimate of drug-likeness (QED) is 0.634. The molecule has 0 bridgehead atoms. The second-order valence-corrected chi connectivity index (χ2v) is 6.14. The van der Waals surface area contributed by atoms with Crippen LogP contribution in [-0.2, 0) is 10.1 Å². The van der Waals surface area contributed by atoms with Gasteiger partial charge in [-0.1, -0.05) is 15.9 Å². The summed E-state index contributed by atoms with van der Waals surface area (Å²) in [4.78, 5) is 10.6. The van der Waals surface area contributed by atoms with Gasteiger partial charge in [-0.15, -0.1) is 0 Å². The number of hydrogen-bond donors (Lipinski definition) is 0. The molecule has 0 atom stereocenters. The summed E-state index contributed by atoms with van der Waals surface area (Å²) >= 11 is 3.23. The van der Waals surface area contributed by atoms with Crippen LogP contribution in [0, 0.1) is 0 Å². The fourth-order valence-corrected chi connectivity index (χ4v) is 2.57. The van der Waals surface area contributed by atoms with E-state index in [1.165, 1.54) is 36.4 Å². The lowest BCUT2D eigenvalue weighted by Crippen LogP contribution is -2.09. The third kappa shape index (κ3) is 3.42. The Morgan fingerprint density at radius 1 is 0.947 bits per heavy atom. The molecule has 0 N–H and O–H groups in total. The average molecular weight is 341 g/mol. The number of hydrogen-bond acceptors (Lipinski definition) is 4. The molecule has 0 aliphatic rings. The standard InChI is InChI=1S/C13H9BrO4S/c14-11-3-7-13(8-4-11)19(16,17)18-12-5-1-10(9-15)2-6-12/h1-9H. The molecule has 0 spiro atoms. The van der Waals surface area contributed by atoms with Crippen LogP contribution in [-0.4, -0.2) is 14.7 Å². The molecule has 98 valence electrons. The maximum Gasteiger partial charge on any atom is 0.339 e. The molecule has 0 radical (unpaired) electrons. The Bertz CT molecular complexity index is 676. The molecule has 6 heteroatoms. The van der Waals surface area contributed by atoms with Crippen molar-refractivity contribution in [3.05, 3.63) is 58.6 Å². The van der Waals surface area contributed by atoms with Crippen molar-refractivity contribution < 1.29 is 17.4 Å². The monoisotopic (exact) mass is 340 g/mol. The van der Waals surface area contributed by atoms with E-state index < -0.39 is 10.1 Å². The highest BCUT2D eigenvalue weighted by atomic mass is 79.9. The van der Waals surface area contributed by atoms with E-state index in [4.69, 9.17) is 4.18 Å². The summed E-state index contributed by atoms with van der Waals surface area (Å²) in [5, 5.41) is 0. The van der Waals surface area contributed by atoms with Crippen molar-refractivity contribution in [2.45, 2.75) is 4.90 Å². The molecule has 0 heterocycles. The maximum absolute atomic E-state index is 12.0. The number of benzene rings is 2. The SMILES string of the molecule is O=Cc1ccc(OS(=O)(=O)c2ccc(Br)cc2)cc1. The van der Waals surface area contributed by atoms with Gasteiger partial charge in [0.15, 0.2) is 0 Å². The van der Waals surface area contributed by atoms with E-state index in [-0.39, 0.29) is 10.6 Å². The molecule has 19 heavy (non-hydrogen) atoms. The van der Waals surface area contributed by atoms with Gasteiger partial charge in [-0.05, 0) is 48.5 Å². The van der Waals surface area contributed by atoms with Crippen LogP contribution in [0.25, 0.3) is 0 Å². The minimum Gasteiger partial charge on any atom is -0.379 e. The largest absolute Gasteiger partial charge is 0.379 e. The smallest absolute Gasteiger partial charge is 0.339 e. The van der Waals surface area contributed by atoms with Crippen LogP contribution in [0.4, 0.5) is 0 Å². The van der Waals surface area contributed by atoms with E-state index in [1.54, 1.807) is 12.1 Å². The van der Waals surface area contributed by atoms with Crippen molar-refractivity contribution in [3.8, 4) is 5.75 Å². The Hall–Kier alpha value is -1.66. The molecule has 4 nitrogen and oxygen atoms in total. The van der Waals surface area contributed by atoms with Crippen molar-refractivity contribution in [3.63, 3.8) is 0 Å². The number of aldehydes is 1. The van der Waals surface area contributed by atoms with Crippen molar-refractivity contribution in [1.82, 2.24) is 0 Å². The lowest BCUT2D eigenvalue weighted by Gasteiger charge is -2.07. The first-order valence-corrected chi connectivity index (χ1v) is 7.47. The predicted molar refractivity (Wildman–Crippen MR) is 73.8 cm³/mol. The normalized spacial score (nSPS) is 11.0. The summed E-state index contributed by atoms with van der Waals surface area (Å²) in [6.07, 6.45) is 0.674. The molecule has 0 aromatic heterocycles. The molecule has 2 rings (SSSR count). The van der Waals surface area contributed by atoms with Crippen LogP contribution in [0.1, 0.15) is 10.4 Å². The minimum atomic E-state index is -3.86. The second-order valence-electron chi connectivity index (χ2n) is 3.68. The molecular formula is C13H9BrO4S. The fraction of sp³-hybridized carbons (Fsp3) is 0. The van der Waals surface area contributed by atoms with E-state index in [1.807, 2.05) is 0 Å². The highest BCUT2D eigenvalue weighted by molar-refractivity contribution is 9.10. The Kier molecular flexibility index (Phi) is 4.01. The number of halogens is 1. The summed E-state index contributed by atoms with van der Waals surface area (Å²) < 4.78 is 29.7. The van der Waals surface area contributed by atoms with Gasteiger partial charge in [-0.2, -0.15) is 8.42 Å². The first kappa shape index (κ1) is 13.8. The van der Waals surface area contributed by atoms with E-state index in [2.05, 4.69) is 15.9 Å². The van der Waals surface area contributed by atoms with Crippen molar-refractivity contribution in [1.29, 1.82) is 0 Å². The molecule has 0 aliphatic heterocycles.